The topological polar surface area (TPSA) is 64.6 Å². The number of hydrogen-bond donors (Lipinski definition) is 1. The van der Waals surface area contributed by atoms with Crippen molar-refractivity contribution < 1.29 is 19.1 Å². The van der Waals surface area contributed by atoms with Crippen LogP contribution in [-0.2, 0) is 22.4 Å². The first-order valence-corrected chi connectivity index (χ1v) is 11.0. The first kappa shape index (κ1) is 21.7. The second-order valence-corrected chi connectivity index (χ2v) is 9.00. The molecule has 1 aromatic carbocycles. The minimum Gasteiger partial charge on any atom is -0.493 e. The minimum atomic E-state index is -0.381. The van der Waals surface area contributed by atoms with Crippen LogP contribution in [0.15, 0.2) is 18.2 Å². The number of anilines is 1. The van der Waals surface area contributed by atoms with Crippen molar-refractivity contribution in [3.8, 4) is 5.75 Å². The first-order valence-electron chi connectivity index (χ1n) is 9.80. The van der Waals surface area contributed by atoms with Gasteiger partial charge in [-0.3, -0.25) is 4.79 Å². The van der Waals surface area contributed by atoms with E-state index < -0.39 is 0 Å². The molecule has 0 aliphatic heterocycles. The molecule has 156 valence electrons. The van der Waals surface area contributed by atoms with Crippen LogP contribution in [-0.4, -0.2) is 25.6 Å². The van der Waals surface area contributed by atoms with Gasteiger partial charge in [0.05, 0.1) is 19.3 Å². The highest BCUT2D eigenvalue weighted by molar-refractivity contribution is 7.17. The molecule has 7 heteroatoms. The molecule has 1 aliphatic rings. The summed E-state index contributed by atoms with van der Waals surface area (Å²) in [7, 11) is 1.37. The fraction of sp³-hybridized carbons (Fsp3) is 0.455. The maximum absolute atomic E-state index is 12.4. The van der Waals surface area contributed by atoms with Crippen molar-refractivity contribution in [2.45, 2.75) is 46.0 Å². The average Bonchev–Trinajstić information content (AvgIpc) is 3.02. The van der Waals surface area contributed by atoms with Gasteiger partial charge in [-0.15, -0.1) is 11.3 Å². The third-order valence-corrected chi connectivity index (χ3v) is 6.50. The molecule has 0 fully saturated rings. The summed E-state index contributed by atoms with van der Waals surface area (Å²) in [6, 6.07) is 5.46. The van der Waals surface area contributed by atoms with E-state index in [2.05, 4.69) is 12.2 Å². The monoisotopic (exact) mass is 435 g/mol. The number of halogens is 1. The Kier molecular flexibility index (Phi) is 7.19. The molecule has 1 amide bonds. The van der Waals surface area contributed by atoms with Crippen molar-refractivity contribution in [3.05, 3.63) is 44.8 Å². The Hall–Kier alpha value is -2.05. The van der Waals surface area contributed by atoms with Crippen LogP contribution in [0.3, 0.4) is 0 Å². The number of methoxy groups -OCH3 is 1. The molecule has 1 atom stereocenters. The number of esters is 1. The molecule has 0 saturated carbocycles. The Labute approximate surface area is 180 Å². The summed E-state index contributed by atoms with van der Waals surface area (Å²) in [5.74, 6) is 0.846. The second-order valence-electron chi connectivity index (χ2n) is 7.46. The van der Waals surface area contributed by atoms with Crippen molar-refractivity contribution in [3.63, 3.8) is 0 Å². The van der Waals surface area contributed by atoms with Crippen LogP contribution < -0.4 is 10.1 Å². The standard InChI is InChI=1S/C22H26ClNO4S/c1-13-6-8-16-18(11-13)29-21(20(16)22(26)27-3)24-19(25)5-4-10-28-17-9-7-15(23)12-14(17)2/h7,9,12-13H,4-6,8,10-11H2,1-3H3,(H,24,25)/t13-/m0/s1. The van der Waals surface area contributed by atoms with Gasteiger partial charge in [0.1, 0.15) is 10.8 Å². The molecule has 0 radical (unpaired) electrons. The van der Waals surface area contributed by atoms with Crippen LogP contribution in [0.1, 0.15) is 52.5 Å². The van der Waals surface area contributed by atoms with Crippen LogP contribution in [0.4, 0.5) is 5.00 Å². The van der Waals surface area contributed by atoms with Gasteiger partial charge in [-0.05, 0) is 67.9 Å². The Balaban J connectivity index is 1.58. The number of carbonyl (C=O) groups is 2. The SMILES string of the molecule is COC(=O)c1c(NC(=O)CCCOc2ccc(Cl)cc2C)sc2c1CC[C@H](C)C2. The van der Waals surface area contributed by atoms with Gasteiger partial charge in [0.15, 0.2) is 0 Å². The molecule has 0 unspecified atom stereocenters. The molecule has 0 spiro atoms. The molecule has 1 N–H and O–H groups in total. The van der Waals surface area contributed by atoms with Crippen molar-refractivity contribution in [2.75, 3.05) is 19.0 Å². The Bertz CT molecular complexity index is 908. The number of amides is 1. The number of aryl methyl sites for hydroxylation is 1. The van der Waals surface area contributed by atoms with Crippen molar-refractivity contribution in [2.24, 2.45) is 5.92 Å². The normalized spacial score (nSPS) is 15.5. The lowest BCUT2D eigenvalue weighted by atomic mass is 9.88. The van der Waals surface area contributed by atoms with Gasteiger partial charge < -0.3 is 14.8 Å². The largest absolute Gasteiger partial charge is 0.493 e. The molecule has 1 heterocycles. The Morgan fingerprint density at radius 1 is 1.34 bits per heavy atom. The lowest BCUT2D eigenvalue weighted by molar-refractivity contribution is -0.116. The smallest absolute Gasteiger partial charge is 0.341 e. The van der Waals surface area contributed by atoms with E-state index in [0.29, 0.717) is 41.0 Å². The van der Waals surface area contributed by atoms with Gasteiger partial charge in [0, 0.05) is 16.3 Å². The fourth-order valence-electron chi connectivity index (χ4n) is 3.54. The molecule has 29 heavy (non-hydrogen) atoms. The third-order valence-electron chi connectivity index (χ3n) is 5.10. The van der Waals surface area contributed by atoms with Crippen molar-refractivity contribution in [1.29, 1.82) is 0 Å². The summed E-state index contributed by atoms with van der Waals surface area (Å²) < 4.78 is 10.7. The summed E-state index contributed by atoms with van der Waals surface area (Å²) in [5.41, 5.74) is 2.53. The van der Waals surface area contributed by atoms with E-state index in [1.165, 1.54) is 23.3 Å². The van der Waals surface area contributed by atoms with E-state index in [0.717, 1.165) is 36.1 Å². The molecule has 0 saturated heterocycles. The number of nitrogens with one attached hydrogen (secondary N) is 1. The van der Waals surface area contributed by atoms with Crippen LogP contribution in [0.5, 0.6) is 5.75 Å². The number of carbonyl (C=O) groups excluding carboxylic acids is 2. The highest BCUT2D eigenvalue weighted by atomic mass is 35.5. The maximum Gasteiger partial charge on any atom is 0.341 e. The van der Waals surface area contributed by atoms with Crippen molar-refractivity contribution >= 4 is 39.8 Å². The second kappa shape index (κ2) is 9.63. The van der Waals surface area contributed by atoms with Crippen LogP contribution in [0.2, 0.25) is 5.02 Å². The summed E-state index contributed by atoms with van der Waals surface area (Å²) in [6.45, 7) is 4.57. The molecular weight excluding hydrogens is 410 g/mol. The number of fused-ring (bicyclic) bond motifs is 1. The summed E-state index contributed by atoms with van der Waals surface area (Å²) >= 11 is 7.45. The number of hydrogen-bond acceptors (Lipinski definition) is 5. The Morgan fingerprint density at radius 2 is 2.14 bits per heavy atom. The third kappa shape index (κ3) is 5.31. The molecule has 5 nitrogen and oxygen atoms in total. The highest BCUT2D eigenvalue weighted by Crippen LogP contribution is 2.40. The van der Waals surface area contributed by atoms with Crippen LogP contribution in [0.25, 0.3) is 0 Å². The van der Waals surface area contributed by atoms with Gasteiger partial charge in [-0.2, -0.15) is 0 Å². The maximum atomic E-state index is 12.4. The lowest BCUT2D eigenvalue weighted by Gasteiger charge is -2.18. The van der Waals surface area contributed by atoms with E-state index >= 15 is 0 Å². The zero-order chi connectivity index (χ0) is 21.0. The summed E-state index contributed by atoms with van der Waals surface area (Å²) in [6.07, 6.45) is 3.72. The zero-order valence-electron chi connectivity index (χ0n) is 17.0. The predicted octanol–water partition coefficient (Wildman–Crippen LogP) is 5.42. The Morgan fingerprint density at radius 3 is 2.86 bits per heavy atom. The van der Waals surface area contributed by atoms with E-state index in [4.69, 9.17) is 21.1 Å². The summed E-state index contributed by atoms with van der Waals surface area (Å²) in [5, 5.41) is 4.20. The van der Waals surface area contributed by atoms with E-state index in [9.17, 15) is 9.59 Å². The first-order chi connectivity index (χ1) is 13.9. The van der Waals surface area contributed by atoms with E-state index in [1.807, 2.05) is 19.1 Å². The van der Waals surface area contributed by atoms with Gasteiger partial charge in [0.2, 0.25) is 5.91 Å². The number of thiophene rings is 1. The molecule has 1 aromatic heterocycles. The molecular formula is C22H26ClNO4S. The average molecular weight is 436 g/mol. The zero-order valence-corrected chi connectivity index (χ0v) is 18.5. The van der Waals surface area contributed by atoms with Gasteiger partial charge in [-0.25, -0.2) is 4.79 Å². The number of benzene rings is 1. The van der Waals surface area contributed by atoms with Crippen molar-refractivity contribution in [1.82, 2.24) is 0 Å². The minimum absolute atomic E-state index is 0.127. The summed E-state index contributed by atoms with van der Waals surface area (Å²) in [4.78, 5) is 25.9. The predicted molar refractivity (Wildman–Crippen MR) is 116 cm³/mol. The van der Waals surface area contributed by atoms with E-state index in [-0.39, 0.29) is 11.9 Å². The van der Waals surface area contributed by atoms with Gasteiger partial charge in [-0.1, -0.05) is 18.5 Å². The van der Waals surface area contributed by atoms with Gasteiger partial charge >= 0.3 is 5.97 Å². The molecule has 3 rings (SSSR count). The van der Waals surface area contributed by atoms with Crippen LogP contribution >= 0.6 is 22.9 Å². The quantitative estimate of drug-likeness (QED) is 0.466. The van der Waals surface area contributed by atoms with Crippen LogP contribution in [0, 0.1) is 12.8 Å². The lowest BCUT2D eigenvalue weighted by Crippen LogP contribution is -2.16. The number of rotatable bonds is 7. The fourth-order valence-corrected chi connectivity index (χ4v) is 5.18. The number of ether oxygens (including phenoxy) is 2. The van der Waals surface area contributed by atoms with Gasteiger partial charge in [0.25, 0.3) is 0 Å². The molecule has 2 aromatic rings. The molecule has 1 aliphatic carbocycles. The molecule has 0 bridgehead atoms. The van der Waals surface area contributed by atoms with E-state index in [1.54, 1.807) is 6.07 Å². The highest BCUT2D eigenvalue weighted by Gasteiger charge is 2.28.